The maximum Gasteiger partial charge on any atom is 0.274 e. The van der Waals surface area contributed by atoms with Crippen LogP contribution in [0.4, 0.5) is 0 Å². The molecule has 0 aromatic carbocycles. The number of hydrogen-bond acceptors (Lipinski definition) is 4. The van der Waals surface area contributed by atoms with Crippen LogP contribution in [-0.4, -0.2) is 63.7 Å². The van der Waals surface area contributed by atoms with Gasteiger partial charge in [0.1, 0.15) is 5.65 Å². The van der Waals surface area contributed by atoms with Crippen molar-refractivity contribution in [1.29, 1.82) is 0 Å². The Labute approximate surface area is 160 Å². The molecule has 2 aromatic rings. The van der Waals surface area contributed by atoms with Crippen LogP contribution in [0.1, 0.15) is 49.3 Å². The minimum atomic E-state index is -0.0428. The molecule has 3 heterocycles. The lowest BCUT2D eigenvalue weighted by atomic mass is 10.2. The van der Waals surface area contributed by atoms with E-state index >= 15 is 0 Å². The highest BCUT2D eigenvalue weighted by Crippen LogP contribution is 2.19. The van der Waals surface area contributed by atoms with Gasteiger partial charge in [-0.25, -0.2) is 4.98 Å². The van der Waals surface area contributed by atoms with E-state index in [2.05, 4.69) is 29.0 Å². The van der Waals surface area contributed by atoms with Crippen LogP contribution in [0.5, 0.6) is 0 Å². The van der Waals surface area contributed by atoms with Gasteiger partial charge in [0.25, 0.3) is 5.91 Å². The number of carbonyl (C=O) groups is 2. The number of nitrogens with one attached hydrogen (secondary N) is 1. The quantitative estimate of drug-likeness (QED) is 0.842. The standard InChI is InChI=1S/C20H29N5O2/c1-4-5-10-23(3)20(27)19-16(25-11-7-6-8-17(25)22-19)14-24-12-9-18(26)21-13-15(24)2/h6-8,11,15H,4-5,9-10,12-14H2,1-3H3,(H,21,26). The molecule has 0 aliphatic carbocycles. The molecule has 1 aliphatic heterocycles. The predicted molar refractivity (Wildman–Crippen MR) is 105 cm³/mol. The van der Waals surface area contributed by atoms with E-state index in [1.807, 2.05) is 35.8 Å². The van der Waals surface area contributed by atoms with Gasteiger partial charge in [-0.1, -0.05) is 19.4 Å². The number of pyridine rings is 1. The molecule has 1 fully saturated rings. The van der Waals surface area contributed by atoms with Gasteiger partial charge in [-0.2, -0.15) is 0 Å². The van der Waals surface area contributed by atoms with Gasteiger partial charge in [-0.15, -0.1) is 0 Å². The summed E-state index contributed by atoms with van der Waals surface area (Å²) in [6, 6.07) is 6.00. The third-order valence-corrected chi connectivity index (χ3v) is 5.22. The van der Waals surface area contributed by atoms with Crippen molar-refractivity contribution < 1.29 is 9.59 Å². The van der Waals surface area contributed by atoms with Gasteiger partial charge in [0.05, 0.1) is 5.69 Å². The lowest BCUT2D eigenvalue weighted by Gasteiger charge is -2.26. The maximum atomic E-state index is 13.0. The second kappa shape index (κ2) is 8.52. The molecule has 7 nitrogen and oxygen atoms in total. The Morgan fingerprint density at radius 1 is 1.41 bits per heavy atom. The number of hydrogen-bond donors (Lipinski definition) is 1. The van der Waals surface area contributed by atoms with Crippen molar-refractivity contribution in [3.8, 4) is 0 Å². The number of carbonyl (C=O) groups excluding carboxylic acids is 2. The van der Waals surface area contributed by atoms with Crippen molar-refractivity contribution in [2.45, 2.75) is 45.7 Å². The third kappa shape index (κ3) is 4.30. The fourth-order valence-electron chi connectivity index (χ4n) is 3.42. The number of fused-ring (bicyclic) bond motifs is 1. The zero-order chi connectivity index (χ0) is 19.4. The minimum absolute atomic E-state index is 0.0428. The van der Waals surface area contributed by atoms with Crippen LogP contribution in [0.15, 0.2) is 24.4 Å². The third-order valence-electron chi connectivity index (χ3n) is 5.22. The summed E-state index contributed by atoms with van der Waals surface area (Å²) in [6.07, 6.45) is 4.44. The Balaban J connectivity index is 1.93. The second-order valence-corrected chi connectivity index (χ2v) is 7.29. The largest absolute Gasteiger partial charge is 0.355 e. The van der Waals surface area contributed by atoms with Gasteiger partial charge in [-0.3, -0.25) is 14.5 Å². The molecule has 146 valence electrons. The Hall–Kier alpha value is -2.41. The van der Waals surface area contributed by atoms with Crippen molar-refractivity contribution in [2.75, 3.05) is 26.7 Å². The smallest absolute Gasteiger partial charge is 0.274 e. The van der Waals surface area contributed by atoms with Gasteiger partial charge in [0, 0.05) is 51.9 Å². The van der Waals surface area contributed by atoms with Crippen LogP contribution < -0.4 is 5.32 Å². The van der Waals surface area contributed by atoms with E-state index in [1.165, 1.54) is 0 Å². The zero-order valence-electron chi connectivity index (χ0n) is 16.4. The second-order valence-electron chi connectivity index (χ2n) is 7.29. The van der Waals surface area contributed by atoms with E-state index in [0.29, 0.717) is 31.7 Å². The summed E-state index contributed by atoms with van der Waals surface area (Å²) in [5.41, 5.74) is 2.17. The van der Waals surface area contributed by atoms with Crippen molar-refractivity contribution >= 4 is 17.5 Å². The molecule has 3 rings (SSSR count). The summed E-state index contributed by atoms with van der Waals surface area (Å²) < 4.78 is 1.99. The maximum absolute atomic E-state index is 13.0. The first kappa shape index (κ1) is 19.4. The van der Waals surface area contributed by atoms with E-state index in [9.17, 15) is 9.59 Å². The van der Waals surface area contributed by atoms with Gasteiger partial charge < -0.3 is 14.6 Å². The van der Waals surface area contributed by atoms with Crippen molar-refractivity contribution in [2.24, 2.45) is 0 Å². The molecule has 1 atom stereocenters. The van der Waals surface area contributed by atoms with E-state index in [0.717, 1.165) is 30.7 Å². The van der Waals surface area contributed by atoms with Crippen LogP contribution >= 0.6 is 0 Å². The van der Waals surface area contributed by atoms with Gasteiger partial charge in [-0.05, 0) is 25.5 Å². The zero-order valence-corrected chi connectivity index (χ0v) is 16.4. The first-order valence-electron chi connectivity index (χ1n) is 9.73. The molecular formula is C20H29N5O2. The highest BCUT2D eigenvalue weighted by molar-refractivity contribution is 5.94. The van der Waals surface area contributed by atoms with Crippen molar-refractivity contribution in [3.63, 3.8) is 0 Å². The predicted octanol–water partition coefficient (Wildman–Crippen LogP) is 1.92. The number of aromatic nitrogens is 2. The molecule has 0 bridgehead atoms. The Bertz CT molecular complexity index is 816. The average Bonchev–Trinajstić information content (AvgIpc) is 2.96. The molecule has 7 heteroatoms. The fourth-order valence-corrected chi connectivity index (χ4v) is 3.42. The van der Waals surface area contributed by atoms with Crippen molar-refractivity contribution in [3.05, 3.63) is 35.8 Å². The molecule has 1 unspecified atom stereocenters. The number of rotatable bonds is 6. The van der Waals surface area contributed by atoms with E-state index in [-0.39, 0.29) is 17.9 Å². The number of unbranched alkanes of at least 4 members (excludes halogenated alkanes) is 1. The minimum Gasteiger partial charge on any atom is -0.355 e. The first-order chi connectivity index (χ1) is 13.0. The van der Waals surface area contributed by atoms with Gasteiger partial charge in [0.15, 0.2) is 5.69 Å². The summed E-state index contributed by atoms with van der Waals surface area (Å²) >= 11 is 0. The molecule has 2 aromatic heterocycles. The summed E-state index contributed by atoms with van der Waals surface area (Å²) in [4.78, 5) is 33.4. The molecule has 2 amide bonds. The molecule has 0 radical (unpaired) electrons. The van der Waals surface area contributed by atoms with E-state index < -0.39 is 0 Å². The lowest BCUT2D eigenvalue weighted by molar-refractivity contribution is -0.120. The Morgan fingerprint density at radius 2 is 2.22 bits per heavy atom. The fraction of sp³-hybridized carbons (Fsp3) is 0.550. The number of imidazole rings is 1. The molecule has 1 N–H and O–H groups in total. The van der Waals surface area contributed by atoms with Crippen molar-refractivity contribution in [1.82, 2.24) is 24.5 Å². The molecule has 27 heavy (non-hydrogen) atoms. The molecule has 0 spiro atoms. The first-order valence-corrected chi connectivity index (χ1v) is 9.73. The Morgan fingerprint density at radius 3 is 3.00 bits per heavy atom. The molecule has 1 aliphatic rings. The van der Waals surface area contributed by atoms with Crippen LogP contribution in [0.3, 0.4) is 0 Å². The van der Waals surface area contributed by atoms with Crippen LogP contribution in [0.25, 0.3) is 5.65 Å². The summed E-state index contributed by atoms with van der Waals surface area (Å²) in [5, 5.41) is 2.94. The SMILES string of the molecule is CCCCN(C)C(=O)c1nc2ccccn2c1CN1CCC(=O)NCC1C. The average molecular weight is 371 g/mol. The number of nitrogens with zero attached hydrogens (tertiary/aromatic N) is 4. The summed E-state index contributed by atoms with van der Waals surface area (Å²) in [7, 11) is 1.84. The Kier molecular flexibility index (Phi) is 6.11. The van der Waals surface area contributed by atoms with E-state index in [1.54, 1.807) is 4.90 Å². The van der Waals surface area contributed by atoms with Gasteiger partial charge >= 0.3 is 0 Å². The van der Waals surface area contributed by atoms with Gasteiger partial charge in [0.2, 0.25) is 5.91 Å². The monoisotopic (exact) mass is 371 g/mol. The summed E-state index contributed by atoms with van der Waals surface area (Å²) in [6.45, 7) is 6.82. The number of amides is 2. The molecular weight excluding hydrogens is 342 g/mol. The molecule has 1 saturated heterocycles. The summed E-state index contributed by atoms with van der Waals surface area (Å²) in [5.74, 6) is 0.0388. The van der Waals surface area contributed by atoms with Crippen LogP contribution in [0, 0.1) is 0 Å². The topological polar surface area (TPSA) is 70.0 Å². The normalized spacial score (nSPS) is 18.3. The highest BCUT2D eigenvalue weighted by Gasteiger charge is 2.26. The van der Waals surface area contributed by atoms with Crippen LogP contribution in [-0.2, 0) is 11.3 Å². The lowest BCUT2D eigenvalue weighted by Crippen LogP contribution is -2.38. The highest BCUT2D eigenvalue weighted by atomic mass is 16.2. The van der Waals surface area contributed by atoms with Crippen LogP contribution in [0.2, 0.25) is 0 Å². The molecule has 0 saturated carbocycles. The van der Waals surface area contributed by atoms with E-state index in [4.69, 9.17) is 0 Å².